The van der Waals surface area contributed by atoms with E-state index in [0.717, 1.165) is 17.0 Å². The molecule has 1 aliphatic rings. The first-order valence-electron chi connectivity index (χ1n) is 7.53. The molecule has 6 nitrogen and oxygen atoms in total. The summed E-state index contributed by atoms with van der Waals surface area (Å²) in [6.45, 7) is 2.77. The molecule has 1 aliphatic heterocycles. The van der Waals surface area contributed by atoms with Gasteiger partial charge in [0.25, 0.3) is 0 Å². The molecule has 3 heterocycles. The van der Waals surface area contributed by atoms with Crippen molar-refractivity contribution >= 4 is 21.2 Å². The highest BCUT2D eigenvalue weighted by atomic mass is 32.2. The Labute approximate surface area is 139 Å². The Bertz CT molecular complexity index is 753. The van der Waals surface area contributed by atoms with Gasteiger partial charge in [-0.2, -0.15) is 11.3 Å². The average Bonchev–Trinajstić information content (AvgIpc) is 3.19. The van der Waals surface area contributed by atoms with Crippen molar-refractivity contribution in [1.29, 1.82) is 0 Å². The van der Waals surface area contributed by atoms with E-state index < -0.39 is 9.84 Å². The number of oxazole rings is 1. The van der Waals surface area contributed by atoms with E-state index in [1.807, 2.05) is 28.7 Å². The number of aromatic nitrogens is 1. The van der Waals surface area contributed by atoms with Crippen LogP contribution >= 0.6 is 11.3 Å². The third-order valence-electron chi connectivity index (χ3n) is 4.13. The van der Waals surface area contributed by atoms with Gasteiger partial charge < -0.3 is 9.52 Å². The smallest absolute Gasteiger partial charge is 0.227 e. The van der Waals surface area contributed by atoms with Crippen molar-refractivity contribution in [2.75, 3.05) is 24.7 Å². The molecule has 0 aromatic carbocycles. The van der Waals surface area contributed by atoms with Gasteiger partial charge in [0.1, 0.15) is 5.76 Å². The van der Waals surface area contributed by atoms with E-state index >= 15 is 0 Å². The standard InChI is InChI=1S/C15H20N2O4S2/c1-11-14(16-15(21-11)12-2-6-22-9-12)8-17(4-5-18)13-3-7-23(19,20)10-13/h2,6,9,13,18H,3-5,7-8,10H2,1H3. The van der Waals surface area contributed by atoms with Crippen LogP contribution in [0.2, 0.25) is 0 Å². The SMILES string of the molecule is Cc1oc(-c2ccsc2)nc1CN(CCO)C1CCS(=O)(=O)C1. The third kappa shape index (κ3) is 3.82. The maximum atomic E-state index is 11.7. The second-order valence-electron chi connectivity index (χ2n) is 5.78. The van der Waals surface area contributed by atoms with Crippen molar-refractivity contribution in [1.82, 2.24) is 9.88 Å². The van der Waals surface area contributed by atoms with Gasteiger partial charge in [-0.05, 0) is 24.8 Å². The quantitative estimate of drug-likeness (QED) is 0.848. The topological polar surface area (TPSA) is 83.6 Å². The van der Waals surface area contributed by atoms with Crippen LogP contribution in [0.15, 0.2) is 21.2 Å². The number of sulfone groups is 1. The van der Waals surface area contributed by atoms with Crippen LogP contribution in [0.1, 0.15) is 17.9 Å². The van der Waals surface area contributed by atoms with Crippen LogP contribution in [-0.2, 0) is 16.4 Å². The Morgan fingerprint density at radius 1 is 1.52 bits per heavy atom. The zero-order chi connectivity index (χ0) is 16.4. The van der Waals surface area contributed by atoms with E-state index in [9.17, 15) is 13.5 Å². The van der Waals surface area contributed by atoms with Crippen molar-refractivity contribution in [3.63, 3.8) is 0 Å². The molecule has 1 unspecified atom stereocenters. The summed E-state index contributed by atoms with van der Waals surface area (Å²) < 4.78 is 29.1. The van der Waals surface area contributed by atoms with Crippen molar-refractivity contribution in [3.05, 3.63) is 28.3 Å². The number of hydrogen-bond donors (Lipinski definition) is 1. The molecule has 8 heteroatoms. The van der Waals surface area contributed by atoms with E-state index in [-0.39, 0.29) is 24.2 Å². The second-order valence-corrected chi connectivity index (χ2v) is 8.79. The summed E-state index contributed by atoms with van der Waals surface area (Å²) in [6.07, 6.45) is 0.608. The van der Waals surface area contributed by atoms with Gasteiger partial charge in [0.15, 0.2) is 9.84 Å². The molecule has 23 heavy (non-hydrogen) atoms. The summed E-state index contributed by atoms with van der Waals surface area (Å²) in [7, 11) is -2.96. The Balaban J connectivity index is 1.78. The molecule has 2 aromatic rings. The van der Waals surface area contributed by atoms with E-state index in [2.05, 4.69) is 4.98 Å². The monoisotopic (exact) mass is 356 g/mol. The number of aryl methyl sites for hydroxylation is 1. The summed E-state index contributed by atoms with van der Waals surface area (Å²) in [6, 6.07) is 1.89. The van der Waals surface area contributed by atoms with Crippen LogP contribution in [-0.4, -0.2) is 54.1 Å². The van der Waals surface area contributed by atoms with E-state index in [0.29, 0.717) is 25.4 Å². The maximum absolute atomic E-state index is 11.7. The van der Waals surface area contributed by atoms with E-state index in [4.69, 9.17) is 4.42 Å². The van der Waals surface area contributed by atoms with Gasteiger partial charge in [-0.3, -0.25) is 4.90 Å². The Hall–Kier alpha value is -1.22. The lowest BCUT2D eigenvalue weighted by molar-refractivity contribution is 0.152. The van der Waals surface area contributed by atoms with Gasteiger partial charge in [-0.25, -0.2) is 13.4 Å². The van der Waals surface area contributed by atoms with Gasteiger partial charge >= 0.3 is 0 Å². The first kappa shape index (κ1) is 16.6. The highest BCUT2D eigenvalue weighted by molar-refractivity contribution is 7.91. The first-order chi connectivity index (χ1) is 11.0. The summed E-state index contributed by atoms with van der Waals surface area (Å²) in [4.78, 5) is 6.54. The highest BCUT2D eigenvalue weighted by Gasteiger charge is 2.32. The lowest BCUT2D eigenvalue weighted by atomic mass is 10.2. The molecular weight excluding hydrogens is 336 g/mol. The number of hydrogen-bond acceptors (Lipinski definition) is 7. The minimum Gasteiger partial charge on any atom is -0.441 e. The fraction of sp³-hybridized carbons (Fsp3) is 0.533. The van der Waals surface area contributed by atoms with Crippen LogP contribution in [0.25, 0.3) is 11.5 Å². The van der Waals surface area contributed by atoms with Crippen LogP contribution in [0.5, 0.6) is 0 Å². The van der Waals surface area contributed by atoms with Crippen molar-refractivity contribution in [2.24, 2.45) is 0 Å². The molecule has 0 bridgehead atoms. The molecule has 1 fully saturated rings. The fourth-order valence-electron chi connectivity index (χ4n) is 2.86. The Morgan fingerprint density at radius 3 is 2.96 bits per heavy atom. The molecule has 0 amide bonds. The highest BCUT2D eigenvalue weighted by Crippen LogP contribution is 2.26. The molecule has 1 saturated heterocycles. The van der Waals surface area contributed by atoms with Crippen molar-refractivity contribution in [3.8, 4) is 11.5 Å². The van der Waals surface area contributed by atoms with E-state index in [1.165, 1.54) is 0 Å². The summed E-state index contributed by atoms with van der Waals surface area (Å²) >= 11 is 1.58. The summed E-state index contributed by atoms with van der Waals surface area (Å²) in [5.74, 6) is 1.69. The zero-order valence-electron chi connectivity index (χ0n) is 12.9. The van der Waals surface area contributed by atoms with Crippen molar-refractivity contribution < 1.29 is 17.9 Å². The summed E-state index contributed by atoms with van der Waals surface area (Å²) in [5, 5.41) is 13.2. The largest absolute Gasteiger partial charge is 0.441 e. The fourth-order valence-corrected chi connectivity index (χ4v) is 5.25. The number of nitrogens with zero attached hydrogens (tertiary/aromatic N) is 2. The van der Waals surface area contributed by atoms with Crippen LogP contribution in [0.4, 0.5) is 0 Å². The Morgan fingerprint density at radius 2 is 2.35 bits per heavy atom. The van der Waals surface area contributed by atoms with E-state index in [1.54, 1.807) is 11.3 Å². The van der Waals surface area contributed by atoms with Gasteiger partial charge in [0, 0.05) is 30.1 Å². The van der Waals surface area contributed by atoms with Crippen LogP contribution < -0.4 is 0 Å². The molecule has 1 atom stereocenters. The van der Waals surface area contributed by atoms with Crippen LogP contribution in [0.3, 0.4) is 0 Å². The van der Waals surface area contributed by atoms with Crippen molar-refractivity contribution in [2.45, 2.75) is 25.9 Å². The van der Waals surface area contributed by atoms with Crippen LogP contribution in [0, 0.1) is 6.92 Å². The lowest BCUT2D eigenvalue weighted by Crippen LogP contribution is -2.38. The molecule has 2 aromatic heterocycles. The average molecular weight is 356 g/mol. The maximum Gasteiger partial charge on any atom is 0.227 e. The zero-order valence-corrected chi connectivity index (χ0v) is 14.6. The number of aliphatic hydroxyl groups is 1. The van der Waals surface area contributed by atoms with Gasteiger partial charge in [0.2, 0.25) is 5.89 Å². The second kappa shape index (κ2) is 6.72. The predicted octanol–water partition coefficient (Wildman–Crippen LogP) is 1.69. The normalized spacial score (nSPS) is 20.4. The molecule has 0 spiro atoms. The molecule has 0 saturated carbocycles. The molecule has 3 rings (SSSR count). The molecule has 126 valence electrons. The minimum absolute atomic E-state index is 0.00909. The molecule has 0 radical (unpaired) electrons. The Kier molecular flexibility index (Phi) is 4.86. The predicted molar refractivity (Wildman–Crippen MR) is 89.1 cm³/mol. The van der Waals surface area contributed by atoms with Gasteiger partial charge in [0.05, 0.1) is 23.8 Å². The van der Waals surface area contributed by atoms with Gasteiger partial charge in [-0.15, -0.1) is 0 Å². The number of rotatable bonds is 6. The molecule has 0 aliphatic carbocycles. The summed E-state index contributed by atoms with van der Waals surface area (Å²) in [5.41, 5.74) is 1.74. The molecule has 1 N–H and O–H groups in total. The lowest BCUT2D eigenvalue weighted by Gasteiger charge is -2.26. The third-order valence-corrected chi connectivity index (χ3v) is 6.56. The number of thiophene rings is 1. The number of aliphatic hydroxyl groups excluding tert-OH is 1. The molecular formula is C15H20N2O4S2. The first-order valence-corrected chi connectivity index (χ1v) is 10.3. The minimum atomic E-state index is -2.96. The van der Waals surface area contributed by atoms with Gasteiger partial charge in [-0.1, -0.05) is 0 Å².